The molecular weight excluding hydrogens is 230 g/mol. The minimum absolute atomic E-state index is 0.0277. The van der Waals surface area contributed by atoms with E-state index in [2.05, 4.69) is 56.8 Å². The van der Waals surface area contributed by atoms with Crippen LogP contribution in [-0.2, 0) is 5.41 Å². The largest absolute Gasteiger partial charge is 0.373 e. The summed E-state index contributed by atoms with van der Waals surface area (Å²) < 4.78 is 0.161. The molecule has 0 fully saturated rings. The Morgan fingerprint density at radius 1 is 1.06 bits per heavy atom. The second-order valence-electron chi connectivity index (χ2n) is 6.13. The van der Waals surface area contributed by atoms with E-state index in [0.29, 0.717) is 0 Å². The van der Waals surface area contributed by atoms with E-state index in [0.717, 1.165) is 16.7 Å². The summed E-state index contributed by atoms with van der Waals surface area (Å²) >= 11 is 1.77. The Bertz CT molecular complexity index is 389. The van der Waals surface area contributed by atoms with Gasteiger partial charge in [0, 0.05) is 23.3 Å². The fraction of sp³-hybridized carbons (Fsp3) is 0.692. The Kier molecular flexibility index (Phi) is 4.07. The predicted octanol–water partition coefficient (Wildman–Crippen LogP) is 3.71. The number of thioether (sulfide) groups is 1. The Morgan fingerprint density at radius 2 is 1.65 bits per heavy atom. The standard InChI is InChI=1S/C13H23N3S/c1-12(2,3)11-15-9(14-7)8-10(16-11)17-13(4,5)6/h8H,1-7H3,(H,14,15,16). The maximum atomic E-state index is 4.65. The smallest absolute Gasteiger partial charge is 0.137 e. The van der Waals surface area contributed by atoms with Crippen LogP contribution in [0.3, 0.4) is 0 Å². The number of hydrogen-bond donors (Lipinski definition) is 1. The van der Waals surface area contributed by atoms with E-state index >= 15 is 0 Å². The molecule has 0 aliphatic heterocycles. The van der Waals surface area contributed by atoms with Crippen molar-refractivity contribution in [2.45, 2.75) is 56.7 Å². The molecule has 0 radical (unpaired) electrons. The van der Waals surface area contributed by atoms with Crippen LogP contribution in [0.25, 0.3) is 0 Å². The lowest BCUT2D eigenvalue weighted by atomic mass is 9.96. The van der Waals surface area contributed by atoms with Gasteiger partial charge in [-0.1, -0.05) is 41.5 Å². The van der Waals surface area contributed by atoms with E-state index in [4.69, 9.17) is 0 Å². The molecule has 0 bridgehead atoms. The topological polar surface area (TPSA) is 37.8 Å². The molecule has 0 spiro atoms. The average molecular weight is 253 g/mol. The van der Waals surface area contributed by atoms with Crippen LogP contribution in [0.4, 0.5) is 5.82 Å². The van der Waals surface area contributed by atoms with Gasteiger partial charge in [-0.2, -0.15) is 0 Å². The minimum Gasteiger partial charge on any atom is -0.373 e. The number of nitrogens with one attached hydrogen (secondary N) is 1. The van der Waals surface area contributed by atoms with Crippen LogP contribution in [0.1, 0.15) is 47.4 Å². The van der Waals surface area contributed by atoms with Gasteiger partial charge < -0.3 is 5.32 Å². The Balaban J connectivity index is 3.15. The fourth-order valence-electron chi connectivity index (χ4n) is 1.25. The summed E-state index contributed by atoms with van der Waals surface area (Å²) in [5.41, 5.74) is -0.0277. The molecule has 0 atom stereocenters. The molecule has 4 heteroatoms. The van der Waals surface area contributed by atoms with Gasteiger partial charge in [0.05, 0.1) is 0 Å². The van der Waals surface area contributed by atoms with Gasteiger partial charge in [0.1, 0.15) is 16.7 Å². The molecule has 1 heterocycles. The second kappa shape index (κ2) is 4.84. The number of hydrogen-bond acceptors (Lipinski definition) is 4. The van der Waals surface area contributed by atoms with Crippen molar-refractivity contribution in [2.24, 2.45) is 0 Å². The van der Waals surface area contributed by atoms with Gasteiger partial charge in [0.15, 0.2) is 0 Å². The highest BCUT2D eigenvalue weighted by molar-refractivity contribution is 8.00. The van der Waals surface area contributed by atoms with Gasteiger partial charge in [0.2, 0.25) is 0 Å². The van der Waals surface area contributed by atoms with Crippen molar-refractivity contribution in [3.63, 3.8) is 0 Å². The van der Waals surface area contributed by atoms with Crippen molar-refractivity contribution in [1.29, 1.82) is 0 Å². The molecule has 0 aliphatic carbocycles. The van der Waals surface area contributed by atoms with Crippen molar-refractivity contribution in [3.8, 4) is 0 Å². The molecule has 1 aromatic heterocycles. The molecule has 0 aliphatic rings. The third-order valence-electron chi connectivity index (χ3n) is 2.04. The van der Waals surface area contributed by atoms with Crippen molar-refractivity contribution in [2.75, 3.05) is 12.4 Å². The van der Waals surface area contributed by atoms with Crippen LogP contribution < -0.4 is 5.32 Å². The first kappa shape index (κ1) is 14.3. The van der Waals surface area contributed by atoms with Gasteiger partial charge in [-0.25, -0.2) is 9.97 Å². The molecule has 0 unspecified atom stereocenters. The second-order valence-corrected chi connectivity index (χ2v) is 7.98. The first-order chi connectivity index (χ1) is 7.62. The fourth-order valence-corrected chi connectivity index (χ4v) is 2.18. The molecule has 3 nitrogen and oxygen atoms in total. The molecule has 0 saturated carbocycles. The summed E-state index contributed by atoms with van der Waals surface area (Å²) in [6, 6.07) is 2.01. The van der Waals surface area contributed by atoms with Gasteiger partial charge >= 0.3 is 0 Å². The minimum atomic E-state index is -0.0277. The lowest BCUT2D eigenvalue weighted by molar-refractivity contribution is 0.539. The molecule has 0 aromatic carbocycles. The van der Waals surface area contributed by atoms with Gasteiger partial charge in [0.25, 0.3) is 0 Å². The third-order valence-corrected chi connectivity index (χ3v) is 3.07. The molecule has 1 N–H and O–H groups in total. The summed E-state index contributed by atoms with van der Waals surface area (Å²) in [5.74, 6) is 1.77. The molecule has 17 heavy (non-hydrogen) atoms. The van der Waals surface area contributed by atoms with E-state index in [1.165, 1.54) is 0 Å². The third kappa shape index (κ3) is 4.54. The molecule has 96 valence electrons. The van der Waals surface area contributed by atoms with Crippen LogP contribution in [-0.4, -0.2) is 21.8 Å². The SMILES string of the molecule is CNc1cc(SC(C)(C)C)nc(C(C)(C)C)n1. The van der Waals surface area contributed by atoms with E-state index in [-0.39, 0.29) is 10.2 Å². The molecule has 0 amide bonds. The zero-order valence-electron chi connectivity index (χ0n) is 11.9. The lowest BCUT2D eigenvalue weighted by Crippen LogP contribution is -2.18. The number of rotatable bonds is 2. The summed E-state index contributed by atoms with van der Waals surface area (Å²) in [6.07, 6.45) is 0. The summed E-state index contributed by atoms with van der Waals surface area (Å²) in [5, 5.41) is 4.13. The van der Waals surface area contributed by atoms with Gasteiger partial charge in [-0.05, 0) is 0 Å². The van der Waals surface area contributed by atoms with Gasteiger partial charge in [-0.15, -0.1) is 11.8 Å². The van der Waals surface area contributed by atoms with E-state index in [9.17, 15) is 0 Å². The highest BCUT2D eigenvalue weighted by Crippen LogP contribution is 2.32. The maximum absolute atomic E-state index is 4.65. The van der Waals surface area contributed by atoms with Crippen molar-refractivity contribution >= 4 is 17.6 Å². The van der Waals surface area contributed by atoms with E-state index in [1.54, 1.807) is 11.8 Å². The summed E-state index contributed by atoms with van der Waals surface area (Å²) in [7, 11) is 1.89. The van der Waals surface area contributed by atoms with Crippen molar-refractivity contribution in [3.05, 3.63) is 11.9 Å². The molecule has 1 rings (SSSR count). The number of anilines is 1. The Labute approximate surface area is 109 Å². The number of aromatic nitrogens is 2. The maximum Gasteiger partial charge on any atom is 0.137 e. The Morgan fingerprint density at radius 3 is 2.06 bits per heavy atom. The quantitative estimate of drug-likeness (QED) is 0.644. The summed E-state index contributed by atoms with van der Waals surface area (Å²) in [6.45, 7) is 13.0. The zero-order valence-corrected chi connectivity index (χ0v) is 12.7. The average Bonchev–Trinajstić information content (AvgIpc) is 2.13. The molecule has 0 saturated heterocycles. The Hall–Kier alpha value is -0.770. The van der Waals surface area contributed by atoms with Crippen LogP contribution in [0.15, 0.2) is 11.1 Å². The monoisotopic (exact) mass is 253 g/mol. The first-order valence-electron chi connectivity index (χ1n) is 5.88. The molecular formula is C13H23N3S. The highest BCUT2D eigenvalue weighted by atomic mass is 32.2. The van der Waals surface area contributed by atoms with Crippen molar-refractivity contribution in [1.82, 2.24) is 9.97 Å². The van der Waals surface area contributed by atoms with E-state index in [1.807, 2.05) is 13.1 Å². The van der Waals surface area contributed by atoms with Crippen LogP contribution in [0.5, 0.6) is 0 Å². The van der Waals surface area contributed by atoms with Crippen LogP contribution in [0.2, 0.25) is 0 Å². The van der Waals surface area contributed by atoms with Gasteiger partial charge in [-0.3, -0.25) is 0 Å². The van der Waals surface area contributed by atoms with Crippen molar-refractivity contribution < 1.29 is 0 Å². The zero-order chi connectivity index (χ0) is 13.3. The predicted molar refractivity (Wildman–Crippen MR) is 75.9 cm³/mol. The molecule has 1 aromatic rings. The highest BCUT2D eigenvalue weighted by Gasteiger charge is 2.21. The van der Waals surface area contributed by atoms with Crippen LogP contribution in [0, 0.1) is 0 Å². The summed E-state index contributed by atoms with van der Waals surface area (Å²) in [4.78, 5) is 9.17. The number of nitrogens with zero attached hydrogens (tertiary/aromatic N) is 2. The van der Waals surface area contributed by atoms with E-state index < -0.39 is 0 Å². The normalized spacial score (nSPS) is 12.6. The first-order valence-corrected chi connectivity index (χ1v) is 6.70. The lowest BCUT2D eigenvalue weighted by Gasteiger charge is -2.21. The van der Waals surface area contributed by atoms with Crippen LogP contribution >= 0.6 is 11.8 Å².